The third-order valence-corrected chi connectivity index (χ3v) is 2.99. The monoisotopic (exact) mass is 243 g/mol. The predicted octanol–water partition coefficient (Wildman–Crippen LogP) is 2.60. The number of nitrogens with one attached hydrogen (secondary N) is 1. The van der Waals surface area contributed by atoms with Crippen LogP contribution in [0.3, 0.4) is 0 Å². The Labute approximate surface area is 107 Å². The van der Waals surface area contributed by atoms with Gasteiger partial charge in [0.2, 0.25) is 0 Å². The highest BCUT2D eigenvalue weighted by Gasteiger charge is 2.13. The summed E-state index contributed by atoms with van der Waals surface area (Å²) in [6, 6.07) is 5.86. The van der Waals surface area contributed by atoms with Gasteiger partial charge in [-0.05, 0) is 44.0 Å². The Hall–Kier alpha value is -2.10. The molecule has 0 saturated heterocycles. The van der Waals surface area contributed by atoms with E-state index in [0.717, 1.165) is 16.8 Å². The predicted molar refractivity (Wildman–Crippen MR) is 71.8 cm³/mol. The Morgan fingerprint density at radius 2 is 1.89 bits per heavy atom. The molecule has 4 heteroatoms. The van der Waals surface area contributed by atoms with Crippen LogP contribution < -0.4 is 5.32 Å². The fourth-order valence-electron chi connectivity index (χ4n) is 1.84. The van der Waals surface area contributed by atoms with Crippen LogP contribution >= 0.6 is 0 Å². The van der Waals surface area contributed by atoms with Gasteiger partial charge in [-0.3, -0.25) is 9.48 Å². The van der Waals surface area contributed by atoms with E-state index in [1.807, 2.05) is 45.2 Å². The van der Waals surface area contributed by atoms with Crippen LogP contribution in [-0.4, -0.2) is 15.7 Å². The summed E-state index contributed by atoms with van der Waals surface area (Å²) in [5.74, 6) is -0.170. The third kappa shape index (κ3) is 2.42. The van der Waals surface area contributed by atoms with E-state index in [-0.39, 0.29) is 5.91 Å². The molecule has 1 N–H and O–H groups in total. The molecule has 0 saturated carbocycles. The highest BCUT2D eigenvalue weighted by molar-refractivity contribution is 6.03. The number of benzene rings is 1. The summed E-state index contributed by atoms with van der Waals surface area (Å²) in [6.07, 6.45) is 1.83. The minimum Gasteiger partial charge on any atom is -0.321 e. The second kappa shape index (κ2) is 4.64. The lowest BCUT2D eigenvalue weighted by Crippen LogP contribution is -2.14. The van der Waals surface area contributed by atoms with Crippen molar-refractivity contribution in [2.75, 3.05) is 5.32 Å². The maximum atomic E-state index is 12.1. The number of aromatic nitrogens is 2. The van der Waals surface area contributed by atoms with Crippen LogP contribution in [0.5, 0.6) is 0 Å². The maximum absolute atomic E-state index is 12.1. The van der Waals surface area contributed by atoms with Gasteiger partial charge in [-0.1, -0.05) is 6.07 Å². The summed E-state index contributed by atoms with van der Waals surface area (Å²) < 4.78 is 1.64. The second-order valence-corrected chi connectivity index (χ2v) is 4.59. The first kappa shape index (κ1) is 12.4. The summed E-state index contributed by atoms with van der Waals surface area (Å²) in [4.78, 5) is 12.1. The standard InChI is InChI=1S/C14H17N3O/c1-9-5-6-12(7-10(9)2)15-14(18)13-11(3)8-17(4)16-13/h5-8H,1-4H3,(H,15,18). The summed E-state index contributed by atoms with van der Waals surface area (Å²) in [6.45, 7) is 5.95. The van der Waals surface area contributed by atoms with Gasteiger partial charge in [0.1, 0.15) is 0 Å². The first-order chi connectivity index (χ1) is 8.47. The van der Waals surface area contributed by atoms with E-state index in [1.54, 1.807) is 11.7 Å². The first-order valence-corrected chi connectivity index (χ1v) is 5.86. The average Bonchev–Trinajstić information content (AvgIpc) is 2.63. The molecule has 0 aliphatic carbocycles. The average molecular weight is 243 g/mol. The molecule has 1 heterocycles. The van der Waals surface area contributed by atoms with Crippen molar-refractivity contribution in [2.45, 2.75) is 20.8 Å². The van der Waals surface area contributed by atoms with Crippen molar-refractivity contribution in [3.05, 3.63) is 46.8 Å². The topological polar surface area (TPSA) is 46.9 Å². The first-order valence-electron chi connectivity index (χ1n) is 5.86. The number of hydrogen-bond acceptors (Lipinski definition) is 2. The molecule has 1 aromatic carbocycles. The van der Waals surface area contributed by atoms with Gasteiger partial charge in [0.05, 0.1) is 0 Å². The summed E-state index contributed by atoms with van der Waals surface area (Å²) in [5, 5.41) is 7.02. The number of aryl methyl sites for hydroxylation is 4. The Morgan fingerprint density at radius 3 is 2.44 bits per heavy atom. The molecular formula is C14H17N3O. The van der Waals surface area contributed by atoms with Gasteiger partial charge in [0.25, 0.3) is 5.91 Å². The highest BCUT2D eigenvalue weighted by Crippen LogP contribution is 2.15. The van der Waals surface area contributed by atoms with Crippen LogP contribution in [0.4, 0.5) is 5.69 Å². The zero-order valence-corrected chi connectivity index (χ0v) is 11.1. The molecule has 0 fully saturated rings. The number of hydrogen-bond donors (Lipinski definition) is 1. The Balaban J connectivity index is 2.21. The lowest BCUT2D eigenvalue weighted by Gasteiger charge is -2.06. The minimum atomic E-state index is -0.170. The molecule has 1 aromatic heterocycles. The molecule has 4 nitrogen and oxygen atoms in total. The van der Waals surface area contributed by atoms with E-state index in [4.69, 9.17) is 0 Å². The van der Waals surface area contributed by atoms with E-state index < -0.39 is 0 Å². The van der Waals surface area contributed by atoms with Crippen LogP contribution in [-0.2, 0) is 7.05 Å². The summed E-state index contributed by atoms with van der Waals surface area (Å²) in [5.41, 5.74) is 4.51. The number of amides is 1. The lowest BCUT2D eigenvalue weighted by atomic mass is 10.1. The van der Waals surface area contributed by atoms with Crippen molar-refractivity contribution in [1.29, 1.82) is 0 Å². The molecule has 2 aromatic rings. The molecule has 1 amide bonds. The summed E-state index contributed by atoms with van der Waals surface area (Å²) in [7, 11) is 1.81. The van der Waals surface area contributed by atoms with Crippen molar-refractivity contribution in [2.24, 2.45) is 7.05 Å². The van der Waals surface area contributed by atoms with Gasteiger partial charge in [0.15, 0.2) is 5.69 Å². The van der Waals surface area contributed by atoms with Gasteiger partial charge >= 0.3 is 0 Å². The van der Waals surface area contributed by atoms with Crippen LogP contribution in [0, 0.1) is 20.8 Å². The van der Waals surface area contributed by atoms with Crippen LogP contribution in [0.1, 0.15) is 27.2 Å². The van der Waals surface area contributed by atoms with Gasteiger partial charge in [0, 0.05) is 24.5 Å². The van der Waals surface area contributed by atoms with Crippen molar-refractivity contribution in [1.82, 2.24) is 9.78 Å². The number of nitrogens with zero attached hydrogens (tertiary/aromatic N) is 2. The minimum absolute atomic E-state index is 0.170. The molecule has 0 aliphatic heterocycles. The summed E-state index contributed by atoms with van der Waals surface area (Å²) >= 11 is 0. The van der Waals surface area contributed by atoms with E-state index >= 15 is 0 Å². The molecule has 18 heavy (non-hydrogen) atoms. The van der Waals surface area contributed by atoms with Crippen molar-refractivity contribution >= 4 is 11.6 Å². The molecule has 2 rings (SSSR count). The lowest BCUT2D eigenvalue weighted by molar-refractivity contribution is 0.102. The van der Waals surface area contributed by atoms with E-state index in [0.29, 0.717) is 5.69 Å². The number of carbonyl (C=O) groups is 1. The van der Waals surface area contributed by atoms with Gasteiger partial charge in [-0.2, -0.15) is 5.10 Å². The van der Waals surface area contributed by atoms with Crippen molar-refractivity contribution in [3.8, 4) is 0 Å². The molecule has 0 unspecified atom stereocenters. The molecule has 0 atom stereocenters. The third-order valence-electron chi connectivity index (χ3n) is 2.99. The molecule has 94 valence electrons. The van der Waals surface area contributed by atoms with Crippen LogP contribution in [0.2, 0.25) is 0 Å². The smallest absolute Gasteiger partial charge is 0.276 e. The van der Waals surface area contributed by atoms with Crippen LogP contribution in [0.15, 0.2) is 24.4 Å². The maximum Gasteiger partial charge on any atom is 0.276 e. The zero-order valence-electron chi connectivity index (χ0n) is 11.1. The molecule has 0 radical (unpaired) electrons. The largest absolute Gasteiger partial charge is 0.321 e. The number of carbonyl (C=O) groups excluding carboxylic acids is 1. The molecule has 0 bridgehead atoms. The highest BCUT2D eigenvalue weighted by atomic mass is 16.1. The quantitative estimate of drug-likeness (QED) is 0.881. The normalized spacial score (nSPS) is 10.4. The molecule has 0 spiro atoms. The molecular weight excluding hydrogens is 226 g/mol. The van der Waals surface area contributed by atoms with E-state index in [1.165, 1.54) is 5.56 Å². The van der Waals surface area contributed by atoms with Crippen molar-refractivity contribution < 1.29 is 4.79 Å². The fourth-order valence-corrected chi connectivity index (χ4v) is 1.84. The van der Waals surface area contributed by atoms with E-state index in [9.17, 15) is 4.79 Å². The van der Waals surface area contributed by atoms with Gasteiger partial charge < -0.3 is 5.32 Å². The Morgan fingerprint density at radius 1 is 1.17 bits per heavy atom. The van der Waals surface area contributed by atoms with E-state index in [2.05, 4.69) is 10.4 Å². The SMILES string of the molecule is Cc1ccc(NC(=O)c2nn(C)cc2C)cc1C. The second-order valence-electron chi connectivity index (χ2n) is 4.59. The number of rotatable bonds is 2. The Kier molecular flexibility index (Phi) is 3.19. The van der Waals surface area contributed by atoms with Crippen LogP contribution in [0.25, 0.3) is 0 Å². The Bertz CT molecular complexity index is 599. The van der Waals surface area contributed by atoms with Gasteiger partial charge in [-0.15, -0.1) is 0 Å². The fraction of sp³-hybridized carbons (Fsp3) is 0.286. The zero-order chi connectivity index (χ0) is 13.3. The van der Waals surface area contributed by atoms with Crippen molar-refractivity contribution in [3.63, 3.8) is 0 Å². The molecule has 0 aliphatic rings. The van der Waals surface area contributed by atoms with Gasteiger partial charge in [-0.25, -0.2) is 0 Å². The number of anilines is 1.